The first-order chi connectivity index (χ1) is 7.76. The molecule has 0 bridgehead atoms. The summed E-state index contributed by atoms with van der Waals surface area (Å²) in [6.45, 7) is 0. The van der Waals surface area contributed by atoms with E-state index in [2.05, 4.69) is 11.4 Å². The molecule has 1 fully saturated rings. The lowest BCUT2D eigenvalue weighted by molar-refractivity contribution is 0.235. The largest absolute Gasteiger partial charge is 0.496 e. The molecule has 1 aromatic carbocycles. The van der Waals surface area contributed by atoms with E-state index >= 15 is 0 Å². The van der Waals surface area contributed by atoms with E-state index in [1.165, 1.54) is 24.8 Å². The number of halogens is 1. The van der Waals surface area contributed by atoms with Crippen LogP contribution in [0, 0.1) is 5.92 Å². The first kappa shape index (κ1) is 11.7. The molecular formula is C13H18ClNO. The maximum atomic E-state index is 5.97. The van der Waals surface area contributed by atoms with Crippen molar-refractivity contribution >= 4 is 11.6 Å². The first-order valence-corrected chi connectivity index (χ1v) is 6.14. The average Bonchev–Trinajstić information content (AvgIpc) is 2.23. The van der Waals surface area contributed by atoms with Gasteiger partial charge in [-0.25, -0.2) is 0 Å². The van der Waals surface area contributed by atoms with Crippen LogP contribution in [-0.4, -0.2) is 14.2 Å². The third-order valence-corrected chi connectivity index (χ3v) is 3.70. The van der Waals surface area contributed by atoms with Gasteiger partial charge in [-0.3, -0.25) is 0 Å². The van der Waals surface area contributed by atoms with Gasteiger partial charge >= 0.3 is 0 Å². The van der Waals surface area contributed by atoms with Gasteiger partial charge in [0.25, 0.3) is 0 Å². The smallest absolute Gasteiger partial charge is 0.125 e. The fourth-order valence-electron chi connectivity index (χ4n) is 2.36. The van der Waals surface area contributed by atoms with Crippen molar-refractivity contribution < 1.29 is 4.74 Å². The van der Waals surface area contributed by atoms with Crippen molar-refractivity contribution in [3.63, 3.8) is 0 Å². The number of nitrogens with one attached hydrogen (secondary N) is 1. The Bertz CT molecular complexity index is 363. The molecule has 1 atom stereocenters. The van der Waals surface area contributed by atoms with E-state index in [1.54, 1.807) is 7.11 Å². The Morgan fingerprint density at radius 2 is 2.19 bits per heavy atom. The summed E-state index contributed by atoms with van der Waals surface area (Å²) in [4.78, 5) is 0. The second kappa shape index (κ2) is 5.07. The third-order valence-electron chi connectivity index (χ3n) is 3.46. The van der Waals surface area contributed by atoms with E-state index < -0.39 is 0 Å². The molecule has 0 aromatic heterocycles. The summed E-state index contributed by atoms with van der Waals surface area (Å²) >= 11 is 5.97. The van der Waals surface area contributed by atoms with Gasteiger partial charge in [-0.2, -0.15) is 0 Å². The van der Waals surface area contributed by atoms with Gasteiger partial charge in [-0.1, -0.05) is 24.1 Å². The summed E-state index contributed by atoms with van der Waals surface area (Å²) in [6, 6.07) is 6.28. The molecule has 88 valence electrons. The second-order valence-electron chi connectivity index (χ2n) is 4.34. The van der Waals surface area contributed by atoms with Gasteiger partial charge in [0.15, 0.2) is 0 Å². The van der Waals surface area contributed by atoms with Crippen molar-refractivity contribution in [2.45, 2.75) is 25.3 Å². The average molecular weight is 240 g/mol. The highest BCUT2D eigenvalue weighted by atomic mass is 35.5. The Hall–Kier alpha value is -0.730. The predicted molar refractivity (Wildman–Crippen MR) is 67.1 cm³/mol. The van der Waals surface area contributed by atoms with Crippen molar-refractivity contribution in [2.24, 2.45) is 5.92 Å². The molecule has 2 rings (SSSR count). The molecule has 0 saturated heterocycles. The lowest BCUT2D eigenvalue weighted by Gasteiger charge is -2.34. The Morgan fingerprint density at radius 3 is 2.69 bits per heavy atom. The zero-order valence-corrected chi connectivity index (χ0v) is 10.6. The Morgan fingerprint density at radius 1 is 1.44 bits per heavy atom. The number of hydrogen-bond donors (Lipinski definition) is 1. The molecule has 1 saturated carbocycles. The summed E-state index contributed by atoms with van der Waals surface area (Å²) < 4.78 is 5.40. The maximum Gasteiger partial charge on any atom is 0.125 e. The molecule has 16 heavy (non-hydrogen) atoms. The van der Waals surface area contributed by atoms with E-state index in [1.807, 2.05) is 19.2 Å². The number of ether oxygens (including phenoxy) is 1. The van der Waals surface area contributed by atoms with E-state index in [0.717, 1.165) is 16.7 Å². The lowest BCUT2D eigenvalue weighted by Crippen LogP contribution is -2.30. The van der Waals surface area contributed by atoms with Gasteiger partial charge in [0.1, 0.15) is 5.75 Å². The zero-order chi connectivity index (χ0) is 11.5. The number of rotatable bonds is 4. The highest BCUT2D eigenvalue weighted by molar-refractivity contribution is 6.30. The maximum absolute atomic E-state index is 5.97. The summed E-state index contributed by atoms with van der Waals surface area (Å²) in [5.74, 6) is 1.62. The van der Waals surface area contributed by atoms with Crippen LogP contribution in [0.15, 0.2) is 18.2 Å². The Labute approximate surface area is 102 Å². The van der Waals surface area contributed by atoms with E-state index in [9.17, 15) is 0 Å². The summed E-state index contributed by atoms with van der Waals surface area (Å²) in [5, 5.41) is 4.12. The van der Waals surface area contributed by atoms with Crippen molar-refractivity contribution in [3.05, 3.63) is 28.8 Å². The number of benzene rings is 1. The molecule has 0 heterocycles. The van der Waals surface area contributed by atoms with Crippen molar-refractivity contribution in [1.29, 1.82) is 0 Å². The second-order valence-corrected chi connectivity index (χ2v) is 4.78. The number of hydrogen-bond acceptors (Lipinski definition) is 2. The fraction of sp³-hybridized carbons (Fsp3) is 0.538. The minimum Gasteiger partial charge on any atom is -0.496 e. The molecule has 0 aliphatic heterocycles. The summed E-state index contributed by atoms with van der Waals surface area (Å²) in [5.41, 5.74) is 1.22. The van der Waals surface area contributed by atoms with E-state index in [4.69, 9.17) is 16.3 Å². The summed E-state index contributed by atoms with van der Waals surface area (Å²) in [7, 11) is 3.71. The van der Waals surface area contributed by atoms with E-state index in [-0.39, 0.29) is 0 Å². The molecule has 1 unspecified atom stereocenters. The molecule has 3 heteroatoms. The Balaban J connectivity index is 2.28. The van der Waals surface area contributed by atoms with Crippen molar-refractivity contribution in [2.75, 3.05) is 14.2 Å². The van der Waals surface area contributed by atoms with E-state index in [0.29, 0.717) is 6.04 Å². The van der Waals surface area contributed by atoms with Crippen molar-refractivity contribution in [1.82, 2.24) is 5.32 Å². The topological polar surface area (TPSA) is 21.3 Å². The molecule has 1 aromatic rings. The van der Waals surface area contributed by atoms with Crippen molar-refractivity contribution in [3.8, 4) is 5.75 Å². The molecule has 0 amide bonds. The molecule has 1 aliphatic rings. The highest BCUT2D eigenvalue weighted by Crippen LogP contribution is 2.40. The van der Waals surface area contributed by atoms with Crippen LogP contribution in [0.2, 0.25) is 5.02 Å². The Kier molecular flexibility index (Phi) is 3.72. The molecule has 1 N–H and O–H groups in total. The van der Waals surface area contributed by atoms with Gasteiger partial charge in [0.05, 0.1) is 7.11 Å². The quantitative estimate of drug-likeness (QED) is 0.870. The van der Waals surface area contributed by atoms with Crippen LogP contribution < -0.4 is 10.1 Å². The normalized spacial score (nSPS) is 17.9. The molecule has 0 radical (unpaired) electrons. The van der Waals surface area contributed by atoms with Crippen LogP contribution in [0.5, 0.6) is 5.75 Å². The van der Waals surface area contributed by atoms with Crippen LogP contribution >= 0.6 is 11.6 Å². The monoisotopic (exact) mass is 239 g/mol. The molecular weight excluding hydrogens is 222 g/mol. The number of methoxy groups -OCH3 is 1. The summed E-state index contributed by atoms with van der Waals surface area (Å²) in [6.07, 6.45) is 3.95. The molecule has 2 nitrogen and oxygen atoms in total. The standard InChI is InChI=1S/C13H18ClNO/c1-15-13(9-4-3-5-9)11-7-6-10(14)8-12(11)16-2/h6-9,13,15H,3-5H2,1-2H3. The minimum absolute atomic E-state index is 0.390. The SMILES string of the molecule is CNC(c1ccc(Cl)cc1OC)C1CCC1. The predicted octanol–water partition coefficient (Wildman–Crippen LogP) is 3.41. The van der Waals surface area contributed by atoms with Gasteiger partial charge in [0.2, 0.25) is 0 Å². The van der Waals surface area contributed by atoms with Crippen LogP contribution in [-0.2, 0) is 0 Å². The van der Waals surface area contributed by atoms with Gasteiger partial charge in [-0.15, -0.1) is 0 Å². The fourth-order valence-corrected chi connectivity index (χ4v) is 2.52. The zero-order valence-electron chi connectivity index (χ0n) is 9.79. The van der Waals surface area contributed by atoms with Crippen LogP contribution in [0.4, 0.5) is 0 Å². The first-order valence-electron chi connectivity index (χ1n) is 5.77. The van der Waals surface area contributed by atoms with Crippen LogP contribution in [0.1, 0.15) is 30.9 Å². The third kappa shape index (κ3) is 2.18. The highest BCUT2D eigenvalue weighted by Gasteiger charge is 2.29. The molecule has 0 spiro atoms. The lowest BCUT2D eigenvalue weighted by atomic mass is 9.77. The van der Waals surface area contributed by atoms with Gasteiger partial charge in [-0.05, 0) is 37.9 Å². The van der Waals surface area contributed by atoms with Gasteiger partial charge < -0.3 is 10.1 Å². The minimum atomic E-state index is 0.390. The molecule has 1 aliphatic carbocycles. The van der Waals surface area contributed by atoms with Crippen LogP contribution in [0.3, 0.4) is 0 Å². The van der Waals surface area contributed by atoms with Crippen LogP contribution in [0.25, 0.3) is 0 Å². The van der Waals surface area contributed by atoms with Gasteiger partial charge in [0, 0.05) is 16.6 Å².